The van der Waals surface area contributed by atoms with Crippen molar-refractivity contribution in [2.45, 2.75) is 0 Å². The summed E-state index contributed by atoms with van der Waals surface area (Å²) in [5.74, 6) is 0. The fourth-order valence-corrected chi connectivity index (χ4v) is 1.43. The van der Waals surface area contributed by atoms with Crippen molar-refractivity contribution >= 4 is 23.5 Å². The summed E-state index contributed by atoms with van der Waals surface area (Å²) >= 11 is 0. The Morgan fingerprint density at radius 3 is 2.59 bits per heavy atom. The fraction of sp³-hybridized carbons (Fsp3) is 0. The van der Waals surface area contributed by atoms with Gasteiger partial charge in [0.1, 0.15) is 0 Å². The van der Waals surface area contributed by atoms with Gasteiger partial charge in [-0.05, 0) is 12.1 Å². The van der Waals surface area contributed by atoms with Gasteiger partial charge in [0, 0.05) is 18.0 Å². The van der Waals surface area contributed by atoms with E-state index in [2.05, 4.69) is 15.6 Å². The number of pyridine rings is 1. The smallest absolute Gasteiger partial charge is 0.250 e. The largest absolute Gasteiger partial charge is 0.354 e. The van der Waals surface area contributed by atoms with E-state index in [0.717, 1.165) is 5.69 Å². The Morgan fingerprint density at radius 2 is 1.88 bits per heavy atom. The van der Waals surface area contributed by atoms with Crippen molar-refractivity contribution in [3.05, 3.63) is 52.9 Å². The Morgan fingerprint density at radius 1 is 1.12 bits per heavy atom. The van der Waals surface area contributed by atoms with Gasteiger partial charge in [0.2, 0.25) is 12.0 Å². The molecule has 5 nitrogen and oxygen atoms in total. The number of hydrogen-bond donors (Lipinski definition) is 3. The molecule has 5 heteroatoms. The van der Waals surface area contributed by atoms with Crippen molar-refractivity contribution in [1.82, 2.24) is 4.98 Å². The molecule has 0 atom stereocenters. The number of para-hydroxylation sites is 1. The van der Waals surface area contributed by atoms with Crippen LogP contribution in [0.25, 0.3) is 0 Å². The minimum atomic E-state index is -0.236. The lowest BCUT2D eigenvalue weighted by molar-refractivity contribution is -0.105. The number of H-pyrrole nitrogens is 1. The zero-order chi connectivity index (χ0) is 12.1. The summed E-state index contributed by atoms with van der Waals surface area (Å²) < 4.78 is 0. The number of aromatic nitrogens is 1. The second-order valence-corrected chi connectivity index (χ2v) is 3.38. The zero-order valence-corrected chi connectivity index (χ0v) is 8.94. The van der Waals surface area contributed by atoms with Crippen molar-refractivity contribution in [2.75, 3.05) is 10.6 Å². The number of benzene rings is 1. The number of rotatable bonds is 4. The first-order valence-electron chi connectivity index (χ1n) is 5.04. The standard InChI is InChI=1S/C12H11N3O2/c16-8-14-11-7-13-12(17)6-10(11)15-9-4-2-1-3-5-9/h1-8H,(H,14,16)(H2,13,15,17). The van der Waals surface area contributed by atoms with E-state index in [4.69, 9.17) is 0 Å². The minimum absolute atomic E-state index is 0.236. The molecule has 0 fully saturated rings. The van der Waals surface area contributed by atoms with Gasteiger partial charge in [0.05, 0.1) is 11.4 Å². The maximum atomic E-state index is 11.2. The molecule has 17 heavy (non-hydrogen) atoms. The summed E-state index contributed by atoms with van der Waals surface area (Å²) in [6, 6.07) is 10.8. The molecule has 1 heterocycles. The molecule has 0 saturated heterocycles. The highest BCUT2D eigenvalue weighted by molar-refractivity contribution is 5.82. The summed E-state index contributed by atoms with van der Waals surface area (Å²) in [5, 5.41) is 5.57. The number of anilines is 3. The third-order valence-corrected chi connectivity index (χ3v) is 2.19. The third-order valence-electron chi connectivity index (χ3n) is 2.19. The molecule has 2 rings (SSSR count). The van der Waals surface area contributed by atoms with Crippen LogP contribution < -0.4 is 16.2 Å². The number of aromatic amines is 1. The molecular weight excluding hydrogens is 218 g/mol. The predicted octanol–water partition coefficient (Wildman–Crippen LogP) is 1.69. The van der Waals surface area contributed by atoms with Gasteiger partial charge in [-0.15, -0.1) is 0 Å². The maximum absolute atomic E-state index is 11.2. The quantitative estimate of drug-likeness (QED) is 0.698. The summed E-state index contributed by atoms with van der Waals surface area (Å²) in [7, 11) is 0. The van der Waals surface area contributed by atoms with Gasteiger partial charge in [-0.2, -0.15) is 0 Å². The molecule has 2 aromatic rings. The Kier molecular flexibility index (Phi) is 3.20. The molecule has 86 valence electrons. The van der Waals surface area contributed by atoms with Gasteiger partial charge >= 0.3 is 0 Å². The van der Waals surface area contributed by atoms with E-state index in [0.29, 0.717) is 17.8 Å². The SMILES string of the molecule is O=CNc1c[nH]c(=O)cc1Nc1ccccc1. The highest BCUT2D eigenvalue weighted by atomic mass is 16.1. The maximum Gasteiger partial charge on any atom is 0.250 e. The fourth-order valence-electron chi connectivity index (χ4n) is 1.43. The summed E-state index contributed by atoms with van der Waals surface area (Å²) in [6.07, 6.45) is 2.01. The van der Waals surface area contributed by atoms with Gasteiger partial charge in [-0.3, -0.25) is 9.59 Å². The minimum Gasteiger partial charge on any atom is -0.354 e. The molecule has 0 spiro atoms. The molecule has 0 radical (unpaired) electrons. The molecule has 1 aromatic heterocycles. The van der Waals surface area contributed by atoms with Crippen LogP contribution in [0.1, 0.15) is 0 Å². The topological polar surface area (TPSA) is 74.0 Å². The van der Waals surface area contributed by atoms with Crippen LogP contribution in [0.2, 0.25) is 0 Å². The van der Waals surface area contributed by atoms with Crippen LogP contribution in [0.4, 0.5) is 17.1 Å². The Labute approximate surface area is 97.5 Å². The van der Waals surface area contributed by atoms with E-state index in [1.807, 2.05) is 30.3 Å². The highest BCUT2D eigenvalue weighted by Crippen LogP contribution is 2.22. The Bertz CT molecular complexity index is 563. The van der Waals surface area contributed by atoms with Crippen molar-refractivity contribution < 1.29 is 4.79 Å². The number of carbonyl (C=O) groups is 1. The molecule has 0 bridgehead atoms. The normalized spacial score (nSPS) is 9.65. The molecule has 0 aliphatic heterocycles. The van der Waals surface area contributed by atoms with Crippen LogP contribution >= 0.6 is 0 Å². The Hall–Kier alpha value is -2.56. The molecule has 1 aromatic carbocycles. The molecule has 0 aliphatic rings. The third kappa shape index (κ3) is 2.72. The molecular formula is C12H11N3O2. The van der Waals surface area contributed by atoms with Crippen LogP contribution in [0.15, 0.2) is 47.4 Å². The second kappa shape index (κ2) is 4.98. The van der Waals surface area contributed by atoms with E-state index in [1.165, 1.54) is 12.3 Å². The molecule has 3 N–H and O–H groups in total. The summed E-state index contributed by atoms with van der Waals surface area (Å²) in [6.45, 7) is 0. The van der Waals surface area contributed by atoms with E-state index in [9.17, 15) is 9.59 Å². The van der Waals surface area contributed by atoms with Crippen LogP contribution in [-0.2, 0) is 4.79 Å². The van der Waals surface area contributed by atoms with Crippen LogP contribution in [0.5, 0.6) is 0 Å². The second-order valence-electron chi connectivity index (χ2n) is 3.38. The average molecular weight is 229 g/mol. The van der Waals surface area contributed by atoms with Gasteiger partial charge in [0.15, 0.2) is 0 Å². The lowest BCUT2D eigenvalue weighted by atomic mass is 10.3. The zero-order valence-electron chi connectivity index (χ0n) is 8.94. The molecule has 0 saturated carbocycles. The number of amides is 1. The van der Waals surface area contributed by atoms with Gasteiger partial charge in [0.25, 0.3) is 0 Å². The molecule has 1 amide bonds. The monoisotopic (exact) mass is 229 g/mol. The van der Waals surface area contributed by atoms with Crippen LogP contribution in [0.3, 0.4) is 0 Å². The first-order chi connectivity index (χ1) is 8.29. The van der Waals surface area contributed by atoms with Crippen molar-refractivity contribution in [3.8, 4) is 0 Å². The number of nitrogens with one attached hydrogen (secondary N) is 3. The number of carbonyl (C=O) groups excluding carboxylic acids is 1. The molecule has 0 aliphatic carbocycles. The van der Waals surface area contributed by atoms with E-state index < -0.39 is 0 Å². The van der Waals surface area contributed by atoms with Crippen molar-refractivity contribution in [1.29, 1.82) is 0 Å². The summed E-state index contributed by atoms with van der Waals surface area (Å²) in [5.41, 5.74) is 1.67. The predicted molar refractivity (Wildman–Crippen MR) is 66.5 cm³/mol. The average Bonchev–Trinajstić information content (AvgIpc) is 2.34. The van der Waals surface area contributed by atoms with Crippen molar-refractivity contribution in [2.24, 2.45) is 0 Å². The van der Waals surface area contributed by atoms with E-state index in [-0.39, 0.29) is 5.56 Å². The van der Waals surface area contributed by atoms with Crippen LogP contribution in [0, 0.1) is 0 Å². The van der Waals surface area contributed by atoms with Gasteiger partial charge in [-0.1, -0.05) is 18.2 Å². The number of hydrogen-bond acceptors (Lipinski definition) is 3. The summed E-state index contributed by atoms with van der Waals surface area (Å²) in [4.78, 5) is 24.2. The van der Waals surface area contributed by atoms with Crippen LogP contribution in [-0.4, -0.2) is 11.4 Å². The highest BCUT2D eigenvalue weighted by Gasteiger charge is 2.02. The van der Waals surface area contributed by atoms with Gasteiger partial charge < -0.3 is 15.6 Å². The van der Waals surface area contributed by atoms with Gasteiger partial charge in [-0.25, -0.2) is 0 Å². The first kappa shape index (κ1) is 10.9. The van der Waals surface area contributed by atoms with Crippen molar-refractivity contribution in [3.63, 3.8) is 0 Å². The van der Waals surface area contributed by atoms with E-state index >= 15 is 0 Å². The first-order valence-corrected chi connectivity index (χ1v) is 5.04. The lowest BCUT2D eigenvalue weighted by Crippen LogP contribution is -2.08. The molecule has 0 unspecified atom stereocenters. The Balaban J connectivity index is 2.33. The van der Waals surface area contributed by atoms with E-state index in [1.54, 1.807) is 0 Å². The lowest BCUT2D eigenvalue weighted by Gasteiger charge is -2.10.